The van der Waals surface area contributed by atoms with E-state index in [1.165, 1.54) is 0 Å². The average molecular weight is 225 g/mol. The van der Waals surface area contributed by atoms with Crippen molar-refractivity contribution in [2.45, 2.75) is 32.1 Å². The zero-order valence-corrected chi connectivity index (χ0v) is 9.48. The molecule has 0 bridgehead atoms. The molecule has 1 aliphatic carbocycles. The maximum atomic E-state index is 11.3. The third-order valence-electron chi connectivity index (χ3n) is 3.07. The minimum absolute atomic E-state index is 0.000413. The van der Waals surface area contributed by atoms with Gasteiger partial charge >= 0.3 is 5.97 Å². The molecule has 0 aromatic rings. The van der Waals surface area contributed by atoms with Crippen molar-refractivity contribution in [3.05, 3.63) is 12.7 Å². The van der Waals surface area contributed by atoms with Crippen molar-refractivity contribution >= 4 is 11.9 Å². The predicted molar refractivity (Wildman–Crippen MR) is 60.4 cm³/mol. The SMILES string of the molecule is C=CCOC(=O)CC1CCC(C(N)=O)CC1. The van der Waals surface area contributed by atoms with E-state index in [0.717, 1.165) is 25.7 Å². The molecule has 1 fully saturated rings. The minimum atomic E-state index is -0.215. The number of hydrogen-bond acceptors (Lipinski definition) is 3. The molecule has 0 atom stereocenters. The fourth-order valence-corrected chi connectivity index (χ4v) is 2.10. The minimum Gasteiger partial charge on any atom is -0.461 e. The second-order valence-electron chi connectivity index (χ2n) is 4.30. The first-order valence-electron chi connectivity index (χ1n) is 5.69. The lowest BCUT2D eigenvalue weighted by atomic mass is 9.80. The molecule has 4 heteroatoms. The Hall–Kier alpha value is -1.32. The quantitative estimate of drug-likeness (QED) is 0.568. The van der Waals surface area contributed by atoms with E-state index in [2.05, 4.69) is 6.58 Å². The first-order chi connectivity index (χ1) is 7.63. The lowest BCUT2D eigenvalue weighted by molar-refractivity contribution is -0.143. The van der Waals surface area contributed by atoms with Crippen LogP contribution in [0.3, 0.4) is 0 Å². The van der Waals surface area contributed by atoms with E-state index in [1.807, 2.05) is 0 Å². The summed E-state index contributed by atoms with van der Waals surface area (Å²) in [6.07, 6.45) is 5.37. The van der Waals surface area contributed by atoms with E-state index in [-0.39, 0.29) is 24.4 Å². The second-order valence-corrected chi connectivity index (χ2v) is 4.30. The number of amides is 1. The van der Waals surface area contributed by atoms with Gasteiger partial charge in [-0.3, -0.25) is 9.59 Å². The van der Waals surface area contributed by atoms with Gasteiger partial charge in [-0.2, -0.15) is 0 Å². The Morgan fingerprint density at radius 1 is 1.31 bits per heavy atom. The number of rotatable bonds is 5. The summed E-state index contributed by atoms with van der Waals surface area (Å²) in [5.41, 5.74) is 5.24. The van der Waals surface area contributed by atoms with Gasteiger partial charge in [0.2, 0.25) is 5.91 Å². The molecular formula is C12H19NO3. The second kappa shape index (κ2) is 6.30. The van der Waals surface area contributed by atoms with Crippen LogP contribution in [0.4, 0.5) is 0 Å². The summed E-state index contributed by atoms with van der Waals surface area (Å²) >= 11 is 0. The summed E-state index contributed by atoms with van der Waals surface area (Å²) in [5, 5.41) is 0. The van der Waals surface area contributed by atoms with Gasteiger partial charge in [-0.05, 0) is 31.6 Å². The van der Waals surface area contributed by atoms with Crippen LogP contribution in [0.25, 0.3) is 0 Å². The molecule has 0 aromatic heterocycles. The van der Waals surface area contributed by atoms with E-state index >= 15 is 0 Å². The molecule has 16 heavy (non-hydrogen) atoms. The Kier molecular flexibility index (Phi) is 5.02. The van der Waals surface area contributed by atoms with Crippen LogP contribution in [0.15, 0.2) is 12.7 Å². The van der Waals surface area contributed by atoms with Crippen LogP contribution in [0.2, 0.25) is 0 Å². The summed E-state index contributed by atoms with van der Waals surface area (Å²) < 4.78 is 4.92. The van der Waals surface area contributed by atoms with Crippen molar-refractivity contribution in [1.29, 1.82) is 0 Å². The maximum absolute atomic E-state index is 11.3. The smallest absolute Gasteiger partial charge is 0.306 e. The summed E-state index contributed by atoms with van der Waals surface area (Å²) in [6, 6.07) is 0. The number of nitrogens with two attached hydrogens (primary N) is 1. The first-order valence-corrected chi connectivity index (χ1v) is 5.69. The van der Waals surface area contributed by atoms with Gasteiger partial charge in [-0.15, -0.1) is 0 Å². The lowest BCUT2D eigenvalue weighted by Crippen LogP contribution is -2.28. The zero-order valence-electron chi connectivity index (χ0n) is 9.48. The summed E-state index contributed by atoms with van der Waals surface area (Å²) in [4.78, 5) is 22.3. The molecule has 1 rings (SSSR count). The van der Waals surface area contributed by atoms with Crippen molar-refractivity contribution in [3.63, 3.8) is 0 Å². The van der Waals surface area contributed by atoms with E-state index < -0.39 is 0 Å². The number of ether oxygens (including phenoxy) is 1. The Bertz CT molecular complexity index is 267. The molecule has 0 heterocycles. The fourth-order valence-electron chi connectivity index (χ4n) is 2.10. The molecule has 0 aromatic carbocycles. The van der Waals surface area contributed by atoms with Crippen LogP contribution in [-0.4, -0.2) is 18.5 Å². The monoisotopic (exact) mass is 225 g/mol. The summed E-state index contributed by atoms with van der Waals surface area (Å²) in [5.74, 6) is -0.0523. The Morgan fingerprint density at radius 2 is 1.94 bits per heavy atom. The molecule has 1 aliphatic rings. The topological polar surface area (TPSA) is 69.4 Å². The average Bonchev–Trinajstić information content (AvgIpc) is 2.27. The highest BCUT2D eigenvalue weighted by atomic mass is 16.5. The van der Waals surface area contributed by atoms with E-state index in [0.29, 0.717) is 12.3 Å². The molecule has 4 nitrogen and oxygen atoms in total. The fraction of sp³-hybridized carbons (Fsp3) is 0.667. The molecule has 0 saturated heterocycles. The molecule has 1 saturated carbocycles. The highest BCUT2D eigenvalue weighted by molar-refractivity contribution is 5.76. The third-order valence-corrected chi connectivity index (χ3v) is 3.07. The Balaban J connectivity index is 2.23. The number of hydrogen-bond donors (Lipinski definition) is 1. The van der Waals surface area contributed by atoms with Gasteiger partial charge in [-0.25, -0.2) is 0 Å². The van der Waals surface area contributed by atoms with Gasteiger partial charge in [-0.1, -0.05) is 12.7 Å². The van der Waals surface area contributed by atoms with E-state index in [4.69, 9.17) is 10.5 Å². The highest BCUT2D eigenvalue weighted by Gasteiger charge is 2.26. The largest absolute Gasteiger partial charge is 0.461 e. The highest BCUT2D eigenvalue weighted by Crippen LogP contribution is 2.30. The zero-order chi connectivity index (χ0) is 12.0. The third kappa shape index (κ3) is 4.04. The number of primary amides is 1. The lowest BCUT2D eigenvalue weighted by Gasteiger charge is -2.25. The van der Waals surface area contributed by atoms with Gasteiger partial charge in [0.1, 0.15) is 6.61 Å². The van der Waals surface area contributed by atoms with Crippen LogP contribution in [-0.2, 0) is 14.3 Å². The molecular weight excluding hydrogens is 206 g/mol. The van der Waals surface area contributed by atoms with Crippen LogP contribution < -0.4 is 5.73 Å². The molecule has 0 aliphatic heterocycles. The van der Waals surface area contributed by atoms with Crippen molar-refractivity contribution in [1.82, 2.24) is 0 Å². The van der Waals surface area contributed by atoms with Crippen LogP contribution >= 0.6 is 0 Å². The van der Waals surface area contributed by atoms with Crippen molar-refractivity contribution in [2.75, 3.05) is 6.61 Å². The standard InChI is InChI=1S/C12H19NO3/c1-2-7-16-11(14)8-9-3-5-10(6-4-9)12(13)15/h2,9-10H,1,3-8H2,(H2,13,15). The van der Waals surface area contributed by atoms with Gasteiger partial charge in [0.05, 0.1) is 0 Å². The van der Waals surface area contributed by atoms with Gasteiger partial charge < -0.3 is 10.5 Å². The summed E-state index contributed by atoms with van der Waals surface area (Å²) in [6.45, 7) is 3.75. The summed E-state index contributed by atoms with van der Waals surface area (Å²) in [7, 11) is 0. The van der Waals surface area contributed by atoms with Gasteiger partial charge in [0.15, 0.2) is 0 Å². The van der Waals surface area contributed by atoms with Crippen molar-refractivity contribution in [2.24, 2.45) is 17.6 Å². The molecule has 0 radical (unpaired) electrons. The van der Waals surface area contributed by atoms with Crippen molar-refractivity contribution in [3.8, 4) is 0 Å². The number of carbonyl (C=O) groups is 2. The molecule has 1 amide bonds. The molecule has 90 valence electrons. The van der Waals surface area contributed by atoms with E-state index in [9.17, 15) is 9.59 Å². The van der Waals surface area contributed by atoms with Crippen molar-refractivity contribution < 1.29 is 14.3 Å². The predicted octanol–water partition coefficient (Wildman–Crippen LogP) is 1.40. The van der Waals surface area contributed by atoms with Gasteiger partial charge in [0.25, 0.3) is 0 Å². The number of carbonyl (C=O) groups excluding carboxylic acids is 2. The normalized spacial score (nSPS) is 24.8. The number of esters is 1. The Morgan fingerprint density at radius 3 is 2.44 bits per heavy atom. The Labute approximate surface area is 95.8 Å². The maximum Gasteiger partial charge on any atom is 0.306 e. The van der Waals surface area contributed by atoms with Crippen LogP contribution in [0.1, 0.15) is 32.1 Å². The molecule has 2 N–H and O–H groups in total. The molecule has 0 spiro atoms. The van der Waals surface area contributed by atoms with Gasteiger partial charge in [0, 0.05) is 12.3 Å². The van der Waals surface area contributed by atoms with E-state index in [1.54, 1.807) is 6.08 Å². The van der Waals surface area contributed by atoms with Crippen LogP contribution in [0.5, 0.6) is 0 Å². The molecule has 0 unspecified atom stereocenters. The van der Waals surface area contributed by atoms with Crippen LogP contribution in [0, 0.1) is 11.8 Å². The first kappa shape index (κ1) is 12.7.